The molecule has 31 heavy (non-hydrogen) atoms. The average Bonchev–Trinajstić information content (AvgIpc) is 3.49. The van der Waals surface area contributed by atoms with Crippen LogP contribution in [-0.4, -0.2) is 40.2 Å². The topological polar surface area (TPSA) is 75.2 Å². The summed E-state index contributed by atoms with van der Waals surface area (Å²) in [4.78, 5) is 40.1. The number of hydrogen-bond donors (Lipinski definition) is 1. The number of anilines is 1. The van der Waals surface area contributed by atoms with Crippen LogP contribution in [0.5, 0.6) is 0 Å². The summed E-state index contributed by atoms with van der Waals surface area (Å²) in [6, 6.07) is 7.70. The van der Waals surface area contributed by atoms with Gasteiger partial charge in [0, 0.05) is 33.5 Å². The summed E-state index contributed by atoms with van der Waals surface area (Å²) in [5, 5.41) is 3.03. The summed E-state index contributed by atoms with van der Waals surface area (Å²) in [6.07, 6.45) is 3.46. The number of allylic oxidation sites excluding steroid dienone is 1. The molecule has 1 N–H and O–H groups in total. The van der Waals surface area contributed by atoms with Crippen LogP contribution >= 0.6 is 22.7 Å². The number of rotatable bonds is 4. The minimum Gasteiger partial charge on any atom is -0.324 e. The van der Waals surface area contributed by atoms with Crippen LogP contribution in [0.1, 0.15) is 32.6 Å². The van der Waals surface area contributed by atoms with Crippen molar-refractivity contribution in [3.05, 3.63) is 68.1 Å². The number of nitrogens with one attached hydrogen (secondary N) is 1. The van der Waals surface area contributed by atoms with Crippen LogP contribution < -0.4 is 5.32 Å². The number of thiazole rings is 2. The second-order valence-electron chi connectivity index (χ2n) is 8.07. The van der Waals surface area contributed by atoms with Crippen molar-refractivity contribution < 1.29 is 9.59 Å². The highest BCUT2D eigenvalue weighted by molar-refractivity contribution is 7.10. The van der Waals surface area contributed by atoms with E-state index in [2.05, 4.69) is 15.3 Å². The number of likely N-dealkylation sites (N-methyl/N-ethyl adjacent to an activating group) is 1. The van der Waals surface area contributed by atoms with Crippen LogP contribution in [0.15, 0.2) is 41.4 Å². The number of carbonyl (C=O) groups is 2. The monoisotopic (exact) mass is 450 g/mol. The van der Waals surface area contributed by atoms with Crippen LogP contribution in [-0.2, 0) is 15.1 Å². The van der Waals surface area contributed by atoms with E-state index in [-0.39, 0.29) is 17.6 Å². The number of ketones is 1. The lowest BCUT2D eigenvalue weighted by molar-refractivity contribution is -0.133. The first-order valence-corrected chi connectivity index (χ1v) is 11.8. The number of amides is 1. The second-order valence-corrected chi connectivity index (χ2v) is 9.84. The molecular weight excluding hydrogens is 428 g/mol. The highest BCUT2D eigenvalue weighted by atomic mass is 32.1. The number of hydrogen-bond acceptors (Lipinski definition) is 7. The van der Waals surface area contributed by atoms with Crippen molar-refractivity contribution in [2.45, 2.75) is 25.3 Å². The molecule has 1 amide bonds. The van der Waals surface area contributed by atoms with Gasteiger partial charge in [-0.05, 0) is 39.1 Å². The predicted octanol–water partition coefficient (Wildman–Crippen LogP) is 3.99. The molecule has 158 valence electrons. The lowest BCUT2D eigenvalue weighted by Crippen LogP contribution is -2.51. The SMILES string of the molecule is Cc1ncsc1/C=C/C(=O)[C@H]1[C@H](c2scnc2C)CN(C)[C@]12C(=O)Nc1ccccc12. The Morgan fingerprint density at radius 2 is 1.94 bits per heavy atom. The predicted molar refractivity (Wildman–Crippen MR) is 123 cm³/mol. The van der Waals surface area contributed by atoms with Gasteiger partial charge >= 0.3 is 0 Å². The molecule has 1 fully saturated rings. The Morgan fingerprint density at radius 3 is 2.65 bits per heavy atom. The Morgan fingerprint density at radius 1 is 1.19 bits per heavy atom. The van der Waals surface area contributed by atoms with Crippen molar-refractivity contribution in [2.24, 2.45) is 5.92 Å². The first kappa shape index (κ1) is 20.2. The van der Waals surface area contributed by atoms with Gasteiger partial charge in [0.25, 0.3) is 0 Å². The molecule has 0 saturated carbocycles. The van der Waals surface area contributed by atoms with Gasteiger partial charge in [-0.1, -0.05) is 18.2 Å². The maximum atomic E-state index is 13.8. The maximum absolute atomic E-state index is 13.8. The normalized spacial score (nSPS) is 25.5. The minimum absolute atomic E-state index is 0.0539. The maximum Gasteiger partial charge on any atom is 0.250 e. The number of para-hydroxylation sites is 1. The number of carbonyl (C=O) groups excluding carboxylic acids is 2. The fourth-order valence-corrected chi connectivity index (χ4v) is 6.69. The summed E-state index contributed by atoms with van der Waals surface area (Å²) in [7, 11) is 1.94. The van der Waals surface area contributed by atoms with Gasteiger partial charge in [0.2, 0.25) is 5.91 Å². The van der Waals surface area contributed by atoms with Gasteiger partial charge < -0.3 is 5.32 Å². The van der Waals surface area contributed by atoms with Gasteiger partial charge in [0.15, 0.2) is 5.78 Å². The van der Waals surface area contributed by atoms with Crippen molar-refractivity contribution in [2.75, 3.05) is 18.9 Å². The van der Waals surface area contributed by atoms with Crippen LogP contribution in [0.4, 0.5) is 5.69 Å². The van der Waals surface area contributed by atoms with E-state index < -0.39 is 11.5 Å². The zero-order valence-electron chi connectivity index (χ0n) is 17.5. The molecule has 2 aliphatic heterocycles. The van der Waals surface area contributed by atoms with Gasteiger partial charge in [0.1, 0.15) is 5.54 Å². The molecular formula is C23H22N4O2S2. The Balaban J connectivity index is 1.66. The minimum atomic E-state index is -1.04. The highest BCUT2D eigenvalue weighted by Crippen LogP contribution is 2.55. The molecule has 2 aromatic heterocycles. The Labute approximate surface area is 188 Å². The summed E-state index contributed by atoms with van der Waals surface area (Å²) < 4.78 is 0. The smallest absolute Gasteiger partial charge is 0.250 e. The largest absolute Gasteiger partial charge is 0.324 e. The molecule has 8 heteroatoms. The van der Waals surface area contributed by atoms with E-state index in [0.717, 1.165) is 32.4 Å². The molecule has 0 unspecified atom stereocenters. The lowest BCUT2D eigenvalue weighted by Gasteiger charge is -2.34. The standard InChI is InChI=1S/C23H22N4O2S2/c1-13-19(30-11-24-13)9-8-18(28)20-15(21-14(2)25-12-31-21)10-27(3)23(20)16-6-4-5-7-17(16)26-22(23)29/h4-9,11-12,15,20H,10H2,1-3H3,(H,26,29)/b9-8+/t15-,20-,23+/m1/s1. The van der Waals surface area contributed by atoms with E-state index >= 15 is 0 Å². The highest BCUT2D eigenvalue weighted by Gasteiger charge is 2.64. The molecule has 0 radical (unpaired) electrons. The first-order valence-electron chi connectivity index (χ1n) is 10.1. The fraction of sp³-hybridized carbons (Fsp3) is 0.304. The summed E-state index contributed by atoms with van der Waals surface area (Å²) in [5.41, 5.74) is 6.01. The molecule has 3 aromatic rings. The summed E-state index contributed by atoms with van der Waals surface area (Å²) in [5.74, 6) is -0.859. The van der Waals surface area contributed by atoms with Gasteiger partial charge in [0.05, 0.1) is 28.3 Å². The lowest BCUT2D eigenvalue weighted by atomic mass is 9.72. The number of nitrogens with zero attached hydrogens (tertiary/aromatic N) is 3. The third-order valence-corrected chi connectivity index (χ3v) is 8.42. The van der Waals surface area contributed by atoms with Crippen molar-refractivity contribution in [1.82, 2.24) is 14.9 Å². The number of fused-ring (bicyclic) bond motifs is 2. The van der Waals surface area contributed by atoms with Crippen molar-refractivity contribution in [3.8, 4) is 0 Å². The van der Waals surface area contributed by atoms with E-state index in [1.165, 1.54) is 11.3 Å². The number of aromatic nitrogens is 2. The number of likely N-dealkylation sites (tertiary alicyclic amines) is 1. The summed E-state index contributed by atoms with van der Waals surface area (Å²) >= 11 is 3.06. The van der Waals surface area contributed by atoms with Gasteiger partial charge in [-0.3, -0.25) is 14.5 Å². The number of benzene rings is 1. The van der Waals surface area contributed by atoms with Crippen LogP contribution in [0.3, 0.4) is 0 Å². The van der Waals surface area contributed by atoms with Crippen molar-refractivity contribution in [1.29, 1.82) is 0 Å². The van der Waals surface area contributed by atoms with Gasteiger partial charge in [-0.15, -0.1) is 22.7 Å². The molecule has 1 saturated heterocycles. The molecule has 6 nitrogen and oxygen atoms in total. The third-order valence-electron chi connectivity index (χ3n) is 6.46. The van der Waals surface area contributed by atoms with E-state index in [1.54, 1.807) is 22.9 Å². The molecule has 3 atom stereocenters. The Bertz CT molecular complexity index is 1210. The Hall–Kier alpha value is -2.68. The number of aryl methyl sites for hydroxylation is 2. The van der Waals surface area contributed by atoms with Gasteiger partial charge in [-0.2, -0.15) is 0 Å². The zero-order chi connectivity index (χ0) is 21.8. The molecule has 1 aromatic carbocycles. The molecule has 0 aliphatic carbocycles. The fourth-order valence-electron chi connectivity index (χ4n) is 5.06. The second kappa shape index (κ2) is 7.47. The average molecular weight is 451 g/mol. The Kier molecular flexibility index (Phi) is 4.88. The quantitative estimate of drug-likeness (QED) is 0.609. The van der Waals surface area contributed by atoms with Crippen molar-refractivity contribution in [3.63, 3.8) is 0 Å². The molecule has 0 bridgehead atoms. The van der Waals surface area contributed by atoms with E-state index in [1.807, 2.05) is 61.6 Å². The van der Waals surface area contributed by atoms with Gasteiger partial charge in [-0.25, -0.2) is 9.97 Å². The van der Waals surface area contributed by atoms with Crippen LogP contribution in [0, 0.1) is 19.8 Å². The molecule has 4 heterocycles. The van der Waals surface area contributed by atoms with E-state index in [9.17, 15) is 9.59 Å². The third kappa shape index (κ3) is 2.93. The van der Waals surface area contributed by atoms with Crippen LogP contribution in [0.2, 0.25) is 0 Å². The van der Waals surface area contributed by atoms with E-state index in [0.29, 0.717) is 6.54 Å². The van der Waals surface area contributed by atoms with E-state index in [4.69, 9.17) is 0 Å². The molecule has 1 spiro atoms. The molecule has 5 rings (SSSR count). The van der Waals surface area contributed by atoms with Crippen molar-refractivity contribution >= 4 is 46.1 Å². The first-order chi connectivity index (χ1) is 14.9. The van der Waals surface area contributed by atoms with Crippen LogP contribution in [0.25, 0.3) is 6.08 Å². The zero-order valence-corrected chi connectivity index (χ0v) is 19.1. The molecule has 2 aliphatic rings. The summed E-state index contributed by atoms with van der Waals surface area (Å²) in [6.45, 7) is 4.50.